The minimum Gasteiger partial charge on any atom is -0.503 e. The SMILES string of the molecule is Cc1nc(C)c(C(=O)C2=C(O)C(=O)N(CCN3CCOCC3)[C@H]2c2ccncc2)s1. The third-order valence-corrected chi connectivity index (χ3v) is 6.51. The van der Waals surface area contributed by atoms with Crippen LogP contribution in [-0.2, 0) is 9.53 Å². The summed E-state index contributed by atoms with van der Waals surface area (Å²) >= 11 is 1.28. The molecule has 4 heterocycles. The number of hydrogen-bond acceptors (Lipinski definition) is 8. The number of ether oxygens (including phenoxy) is 1. The molecule has 4 rings (SSSR count). The van der Waals surface area contributed by atoms with Crippen LogP contribution in [0.3, 0.4) is 0 Å². The van der Waals surface area contributed by atoms with Crippen LogP contribution in [0.2, 0.25) is 0 Å². The molecule has 0 radical (unpaired) electrons. The summed E-state index contributed by atoms with van der Waals surface area (Å²) in [5.41, 5.74) is 1.46. The molecule has 9 heteroatoms. The highest BCUT2D eigenvalue weighted by atomic mass is 32.1. The Morgan fingerprint density at radius 2 is 1.93 bits per heavy atom. The van der Waals surface area contributed by atoms with Crippen LogP contribution in [0, 0.1) is 13.8 Å². The largest absolute Gasteiger partial charge is 0.503 e. The first kappa shape index (κ1) is 20.6. The number of hydrogen-bond donors (Lipinski definition) is 1. The predicted octanol–water partition coefficient (Wildman–Crippen LogP) is 2.07. The summed E-state index contributed by atoms with van der Waals surface area (Å²) in [6.07, 6.45) is 3.25. The van der Waals surface area contributed by atoms with Crippen molar-refractivity contribution in [3.05, 3.63) is 57.0 Å². The van der Waals surface area contributed by atoms with E-state index in [1.807, 2.05) is 6.92 Å². The molecule has 1 N–H and O–H groups in total. The van der Waals surface area contributed by atoms with Crippen molar-refractivity contribution in [1.82, 2.24) is 19.8 Å². The molecule has 0 spiro atoms. The van der Waals surface area contributed by atoms with Crippen molar-refractivity contribution in [2.75, 3.05) is 39.4 Å². The first-order valence-corrected chi connectivity index (χ1v) is 10.7. The molecule has 2 aliphatic rings. The fourth-order valence-corrected chi connectivity index (χ4v) is 4.82. The molecule has 0 saturated carbocycles. The first-order valence-electron chi connectivity index (χ1n) is 9.90. The Balaban J connectivity index is 1.67. The van der Waals surface area contributed by atoms with Crippen molar-refractivity contribution in [2.24, 2.45) is 0 Å². The number of carbonyl (C=O) groups excluding carboxylic acids is 2. The van der Waals surface area contributed by atoms with Gasteiger partial charge in [-0.3, -0.25) is 19.5 Å². The lowest BCUT2D eigenvalue weighted by molar-refractivity contribution is -0.129. The number of carbonyl (C=O) groups is 2. The van der Waals surface area contributed by atoms with Crippen LogP contribution in [0.25, 0.3) is 0 Å². The van der Waals surface area contributed by atoms with E-state index < -0.39 is 17.7 Å². The highest BCUT2D eigenvalue weighted by molar-refractivity contribution is 7.14. The Morgan fingerprint density at radius 1 is 1.23 bits per heavy atom. The monoisotopic (exact) mass is 428 g/mol. The van der Waals surface area contributed by atoms with E-state index in [0.717, 1.165) is 23.7 Å². The van der Waals surface area contributed by atoms with E-state index >= 15 is 0 Å². The zero-order chi connectivity index (χ0) is 21.3. The number of aryl methyl sites for hydroxylation is 2. The molecule has 158 valence electrons. The van der Waals surface area contributed by atoms with Gasteiger partial charge in [0.25, 0.3) is 5.91 Å². The molecule has 0 bridgehead atoms. The number of morpholine rings is 1. The average Bonchev–Trinajstić information content (AvgIpc) is 3.23. The van der Waals surface area contributed by atoms with Crippen LogP contribution < -0.4 is 0 Å². The van der Waals surface area contributed by atoms with Crippen LogP contribution >= 0.6 is 11.3 Å². The van der Waals surface area contributed by atoms with Crippen LogP contribution in [0.1, 0.15) is 32.0 Å². The second-order valence-corrected chi connectivity index (χ2v) is 8.58. The Morgan fingerprint density at radius 3 is 2.57 bits per heavy atom. The van der Waals surface area contributed by atoms with Gasteiger partial charge in [0.15, 0.2) is 5.76 Å². The number of aliphatic hydroxyl groups is 1. The third-order valence-electron chi connectivity index (χ3n) is 5.44. The molecule has 1 amide bonds. The number of aromatic nitrogens is 2. The van der Waals surface area contributed by atoms with E-state index in [9.17, 15) is 14.7 Å². The second-order valence-electron chi connectivity index (χ2n) is 7.37. The summed E-state index contributed by atoms with van der Waals surface area (Å²) in [7, 11) is 0. The Bertz CT molecular complexity index is 982. The van der Waals surface area contributed by atoms with Gasteiger partial charge in [0.2, 0.25) is 5.78 Å². The summed E-state index contributed by atoms with van der Waals surface area (Å²) in [6, 6.07) is 2.89. The lowest BCUT2D eigenvalue weighted by Crippen LogP contribution is -2.43. The highest BCUT2D eigenvalue weighted by Crippen LogP contribution is 2.39. The van der Waals surface area contributed by atoms with Gasteiger partial charge in [-0.05, 0) is 31.5 Å². The van der Waals surface area contributed by atoms with Crippen LogP contribution in [0.5, 0.6) is 0 Å². The summed E-state index contributed by atoms with van der Waals surface area (Å²) in [4.78, 5) is 39.0. The minimum atomic E-state index is -0.657. The molecule has 0 aromatic carbocycles. The lowest BCUT2D eigenvalue weighted by atomic mass is 9.96. The Labute approximate surface area is 178 Å². The van der Waals surface area contributed by atoms with Crippen LogP contribution in [-0.4, -0.2) is 76.0 Å². The van der Waals surface area contributed by atoms with E-state index in [-0.39, 0.29) is 11.4 Å². The molecule has 0 unspecified atom stereocenters. The van der Waals surface area contributed by atoms with Crippen molar-refractivity contribution in [1.29, 1.82) is 0 Å². The molecular weight excluding hydrogens is 404 g/mol. The molecule has 0 aliphatic carbocycles. The molecule has 1 atom stereocenters. The zero-order valence-corrected chi connectivity index (χ0v) is 17.8. The smallest absolute Gasteiger partial charge is 0.290 e. The summed E-state index contributed by atoms with van der Waals surface area (Å²) in [6.45, 7) is 7.56. The molecule has 2 aromatic rings. The van der Waals surface area contributed by atoms with Gasteiger partial charge in [-0.25, -0.2) is 4.98 Å². The van der Waals surface area contributed by atoms with Gasteiger partial charge >= 0.3 is 0 Å². The number of amides is 1. The van der Waals surface area contributed by atoms with E-state index in [1.54, 1.807) is 36.4 Å². The van der Waals surface area contributed by atoms with Gasteiger partial charge in [-0.15, -0.1) is 11.3 Å². The Hall–Kier alpha value is -2.62. The fourth-order valence-electron chi connectivity index (χ4n) is 3.95. The topological polar surface area (TPSA) is 95.9 Å². The summed E-state index contributed by atoms with van der Waals surface area (Å²) < 4.78 is 5.38. The zero-order valence-electron chi connectivity index (χ0n) is 17.0. The second kappa shape index (κ2) is 8.63. The standard InChI is InChI=1S/C21H24N4O4S/c1-13-20(30-14(2)23-13)18(26)16-17(15-3-5-22-6-4-15)25(21(28)19(16)27)8-7-24-9-11-29-12-10-24/h3-6,17,27H,7-12H2,1-2H3/t17-/m0/s1. The van der Waals surface area contributed by atoms with Gasteiger partial charge in [-0.1, -0.05) is 0 Å². The van der Waals surface area contributed by atoms with Crippen molar-refractivity contribution in [2.45, 2.75) is 19.9 Å². The summed E-state index contributed by atoms with van der Waals surface area (Å²) in [5, 5.41) is 11.5. The number of ketones is 1. The maximum atomic E-state index is 13.4. The molecular formula is C21H24N4O4S. The molecule has 30 heavy (non-hydrogen) atoms. The van der Waals surface area contributed by atoms with Crippen LogP contribution in [0.4, 0.5) is 0 Å². The maximum absolute atomic E-state index is 13.4. The molecule has 8 nitrogen and oxygen atoms in total. The van der Waals surface area contributed by atoms with E-state index in [1.165, 1.54) is 11.3 Å². The minimum absolute atomic E-state index is 0.111. The highest BCUT2D eigenvalue weighted by Gasteiger charge is 2.44. The first-order chi connectivity index (χ1) is 14.5. The normalized spacial score (nSPS) is 20.3. The van der Waals surface area contributed by atoms with Gasteiger partial charge in [0.05, 0.1) is 40.4 Å². The molecule has 2 aromatic heterocycles. The number of thiazole rings is 1. The number of rotatable bonds is 6. The van der Waals surface area contributed by atoms with Crippen molar-refractivity contribution in [3.8, 4) is 0 Å². The molecule has 2 aliphatic heterocycles. The predicted molar refractivity (Wildman–Crippen MR) is 112 cm³/mol. The van der Waals surface area contributed by atoms with E-state index in [0.29, 0.717) is 36.9 Å². The lowest BCUT2D eigenvalue weighted by Gasteiger charge is -2.31. The molecule has 1 fully saturated rings. The van der Waals surface area contributed by atoms with Gasteiger partial charge in [-0.2, -0.15) is 0 Å². The maximum Gasteiger partial charge on any atom is 0.290 e. The fraction of sp³-hybridized carbons (Fsp3) is 0.429. The van der Waals surface area contributed by atoms with E-state index in [4.69, 9.17) is 4.74 Å². The number of Topliss-reactive ketones (excluding diaryl/α,β-unsaturated/α-hetero) is 1. The van der Waals surface area contributed by atoms with Gasteiger partial charge < -0.3 is 14.7 Å². The number of pyridine rings is 1. The summed E-state index contributed by atoms with van der Waals surface area (Å²) in [5.74, 6) is -1.35. The average molecular weight is 429 g/mol. The van der Waals surface area contributed by atoms with Crippen molar-refractivity contribution >= 4 is 23.0 Å². The number of aliphatic hydroxyl groups excluding tert-OH is 1. The Kier molecular flexibility index (Phi) is 5.94. The van der Waals surface area contributed by atoms with Gasteiger partial charge in [0.1, 0.15) is 0 Å². The quantitative estimate of drug-likeness (QED) is 0.704. The van der Waals surface area contributed by atoms with Crippen molar-refractivity contribution in [3.63, 3.8) is 0 Å². The van der Waals surface area contributed by atoms with Gasteiger partial charge in [0, 0.05) is 38.6 Å². The van der Waals surface area contributed by atoms with E-state index in [2.05, 4.69) is 14.9 Å². The number of nitrogens with zero attached hydrogens (tertiary/aromatic N) is 4. The molecule has 1 saturated heterocycles. The van der Waals surface area contributed by atoms with Crippen molar-refractivity contribution < 1.29 is 19.4 Å². The van der Waals surface area contributed by atoms with Crippen LogP contribution in [0.15, 0.2) is 35.9 Å². The third kappa shape index (κ3) is 3.88.